The van der Waals surface area contributed by atoms with Gasteiger partial charge in [-0.05, 0) is 24.1 Å². The summed E-state index contributed by atoms with van der Waals surface area (Å²) in [5.41, 5.74) is 1.74. The van der Waals surface area contributed by atoms with Gasteiger partial charge >= 0.3 is 0 Å². The van der Waals surface area contributed by atoms with Gasteiger partial charge in [0.05, 0.1) is 11.6 Å². The van der Waals surface area contributed by atoms with Crippen molar-refractivity contribution in [3.8, 4) is 0 Å². The number of nitrogens with one attached hydrogen (secondary N) is 2. The van der Waals surface area contributed by atoms with E-state index in [0.29, 0.717) is 11.9 Å². The number of aromatic nitrogens is 1. The van der Waals surface area contributed by atoms with Crippen LogP contribution < -0.4 is 5.32 Å². The van der Waals surface area contributed by atoms with Crippen molar-refractivity contribution in [2.24, 2.45) is 0 Å². The number of carbonyl (C=O) groups excluding carboxylic acids is 1. The number of benzene rings is 2. The molecule has 1 aromatic heterocycles. The van der Waals surface area contributed by atoms with Gasteiger partial charge in [0, 0.05) is 23.7 Å². The van der Waals surface area contributed by atoms with Crippen molar-refractivity contribution in [1.82, 2.24) is 10.3 Å². The first-order valence-electron chi connectivity index (χ1n) is 7.43. The molecule has 23 heavy (non-hydrogen) atoms. The van der Waals surface area contributed by atoms with Crippen molar-refractivity contribution in [1.29, 1.82) is 0 Å². The Bertz CT molecular complexity index is 814. The molecule has 0 aliphatic rings. The van der Waals surface area contributed by atoms with Crippen molar-refractivity contribution in [2.75, 3.05) is 6.61 Å². The summed E-state index contributed by atoms with van der Waals surface area (Å²) in [6.07, 6.45) is 1.89. The SMILES string of the molecule is O=C(NC(CCO)c1ccccc1)c1c[nH]c2cccc(F)c12. The first kappa shape index (κ1) is 15.2. The number of H-pyrrole nitrogens is 1. The Labute approximate surface area is 133 Å². The Morgan fingerprint density at radius 3 is 2.70 bits per heavy atom. The Morgan fingerprint density at radius 1 is 1.17 bits per heavy atom. The molecule has 0 bridgehead atoms. The quantitative estimate of drug-likeness (QED) is 0.677. The van der Waals surface area contributed by atoms with E-state index in [1.54, 1.807) is 12.1 Å². The van der Waals surface area contributed by atoms with Crippen LogP contribution >= 0.6 is 0 Å². The van der Waals surface area contributed by atoms with Gasteiger partial charge in [0.15, 0.2) is 0 Å². The van der Waals surface area contributed by atoms with Crippen LogP contribution in [0.25, 0.3) is 10.9 Å². The lowest BCUT2D eigenvalue weighted by Gasteiger charge is -2.18. The van der Waals surface area contributed by atoms with E-state index in [1.165, 1.54) is 12.3 Å². The summed E-state index contributed by atoms with van der Waals surface area (Å²) >= 11 is 0. The third-order valence-electron chi connectivity index (χ3n) is 3.82. The summed E-state index contributed by atoms with van der Waals surface area (Å²) in [7, 11) is 0. The summed E-state index contributed by atoms with van der Waals surface area (Å²) in [4.78, 5) is 15.5. The monoisotopic (exact) mass is 312 g/mol. The maximum Gasteiger partial charge on any atom is 0.254 e. The summed E-state index contributed by atoms with van der Waals surface area (Å²) in [5, 5.41) is 12.4. The average Bonchev–Trinajstić information content (AvgIpc) is 3.01. The number of hydrogen-bond acceptors (Lipinski definition) is 2. The lowest BCUT2D eigenvalue weighted by atomic mass is 10.0. The zero-order valence-electron chi connectivity index (χ0n) is 12.4. The van der Waals surface area contributed by atoms with Crippen LogP contribution in [0, 0.1) is 5.82 Å². The van der Waals surface area contributed by atoms with Crippen LogP contribution in [0.1, 0.15) is 28.4 Å². The Kier molecular flexibility index (Phi) is 4.39. The number of amides is 1. The van der Waals surface area contributed by atoms with Crippen molar-refractivity contribution in [2.45, 2.75) is 12.5 Å². The lowest BCUT2D eigenvalue weighted by Crippen LogP contribution is -2.29. The summed E-state index contributed by atoms with van der Waals surface area (Å²) in [6.45, 7) is -0.0535. The smallest absolute Gasteiger partial charge is 0.254 e. The van der Waals surface area contributed by atoms with Crippen LogP contribution in [0.5, 0.6) is 0 Å². The second-order valence-electron chi connectivity index (χ2n) is 5.31. The number of hydrogen-bond donors (Lipinski definition) is 3. The fourth-order valence-electron chi connectivity index (χ4n) is 2.69. The molecule has 1 atom stereocenters. The van der Waals surface area contributed by atoms with E-state index >= 15 is 0 Å². The number of aliphatic hydroxyl groups excluding tert-OH is 1. The fraction of sp³-hybridized carbons (Fsp3) is 0.167. The van der Waals surface area contributed by atoms with Crippen LogP contribution in [0.4, 0.5) is 4.39 Å². The Morgan fingerprint density at radius 2 is 1.96 bits per heavy atom. The molecule has 0 saturated carbocycles. The molecule has 0 aliphatic carbocycles. The molecule has 1 unspecified atom stereocenters. The normalized spacial score (nSPS) is 12.3. The molecule has 5 heteroatoms. The number of halogens is 1. The van der Waals surface area contributed by atoms with E-state index in [4.69, 9.17) is 0 Å². The molecule has 3 aromatic rings. The molecule has 0 spiro atoms. The molecule has 0 radical (unpaired) electrons. The second-order valence-corrected chi connectivity index (χ2v) is 5.31. The van der Waals surface area contributed by atoms with Crippen LogP contribution in [-0.2, 0) is 0 Å². The molecule has 0 fully saturated rings. The van der Waals surface area contributed by atoms with Gasteiger partial charge in [0.1, 0.15) is 5.82 Å². The third kappa shape index (κ3) is 3.10. The predicted octanol–water partition coefficient (Wildman–Crippen LogP) is 3.16. The molecular weight excluding hydrogens is 295 g/mol. The maximum atomic E-state index is 14.0. The van der Waals surface area contributed by atoms with E-state index in [1.807, 2.05) is 30.3 Å². The Hall–Kier alpha value is -2.66. The van der Waals surface area contributed by atoms with Gasteiger partial charge in [0.2, 0.25) is 0 Å². The van der Waals surface area contributed by atoms with Gasteiger partial charge in [-0.2, -0.15) is 0 Å². The van der Waals surface area contributed by atoms with E-state index in [2.05, 4.69) is 10.3 Å². The van der Waals surface area contributed by atoms with E-state index in [9.17, 15) is 14.3 Å². The molecule has 118 valence electrons. The van der Waals surface area contributed by atoms with Gasteiger partial charge in [-0.15, -0.1) is 0 Å². The minimum absolute atomic E-state index is 0.0535. The number of aliphatic hydroxyl groups is 1. The van der Waals surface area contributed by atoms with Crippen LogP contribution in [-0.4, -0.2) is 22.6 Å². The fourth-order valence-corrected chi connectivity index (χ4v) is 2.69. The number of aromatic amines is 1. The average molecular weight is 312 g/mol. The summed E-state index contributed by atoms with van der Waals surface area (Å²) < 4.78 is 14.0. The standard InChI is InChI=1S/C18H17FN2O2/c19-14-7-4-8-16-17(14)13(11-20-16)18(23)21-15(9-10-22)12-5-2-1-3-6-12/h1-8,11,15,20,22H,9-10H2,(H,21,23). The highest BCUT2D eigenvalue weighted by atomic mass is 19.1. The number of rotatable bonds is 5. The zero-order chi connectivity index (χ0) is 16.2. The topological polar surface area (TPSA) is 65.1 Å². The van der Waals surface area contributed by atoms with Crippen LogP contribution in [0.15, 0.2) is 54.7 Å². The molecule has 4 nitrogen and oxygen atoms in total. The summed E-state index contributed by atoms with van der Waals surface area (Å²) in [5.74, 6) is -0.809. The maximum absolute atomic E-state index is 14.0. The number of carbonyl (C=O) groups is 1. The molecule has 1 amide bonds. The largest absolute Gasteiger partial charge is 0.396 e. The van der Waals surface area contributed by atoms with Gasteiger partial charge in [0.25, 0.3) is 5.91 Å². The zero-order valence-corrected chi connectivity index (χ0v) is 12.4. The van der Waals surface area contributed by atoms with Crippen molar-refractivity contribution in [3.63, 3.8) is 0 Å². The molecule has 1 heterocycles. The van der Waals surface area contributed by atoms with Gasteiger partial charge in [-0.25, -0.2) is 4.39 Å². The first-order valence-corrected chi connectivity index (χ1v) is 7.43. The lowest BCUT2D eigenvalue weighted by molar-refractivity contribution is 0.0931. The van der Waals surface area contributed by atoms with Crippen LogP contribution in [0.3, 0.4) is 0 Å². The molecule has 0 aliphatic heterocycles. The highest BCUT2D eigenvalue weighted by molar-refractivity contribution is 6.07. The van der Waals surface area contributed by atoms with E-state index < -0.39 is 5.82 Å². The summed E-state index contributed by atoms with van der Waals surface area (Å²) in [6, 6.07) is 13.7. The van der Waals surface area contributed by atoms with Crippen molar-refractivity contribution in [3.05, 3.63) is 71.7 Å². The molecule has 3 N–H and O–H groups in total. The molecule has 3 rings (SSSR count). The van der Waals surface area contributed by atoms with Gasteiger partial charge < -0.3 is 15.4 Å². The second kappa shape index (κ2) is 6.62. The van der Waals surface area contributed by atoms with Crippen LogP contribution in [0.2, 0.25) is 0 Å². The van der Waals surface area contributed by atoms with Crippen molar-refractivity contribution >= 4 is 16.8 Å². The molecule has 2 aromatic carbocycles. The predicted molar refractivity (Wildman–Crippen MR) is 86.6 cm³/mol. The van der Waals surface area contributed by atoms with E-state index in [-0.39, 0.29) is 29.5 Å². The van der Waals surface area contributed by atoms with Gasteiger partial charge in [-0.1, -0.05) is 36.4 Å². The first-order chi connectivity index (χ1) is 11.2. The van der Waals surface area contributed by atoms with E-state index in [0.717, 1.165) is 5.56 Å². The molecule has 0 saturated heterocycles. The number of fused-ring (bicyclic) bond motifs is 1. The minimum Gasteiger partial charge on any atom is -0.396 e. The van der Waals surface area contributed by atoms with Gasteiger partial charge in [-0.3, -0.25) is 4.79 Å². The highest BCUT2D eigenvalue weighted by Crippen LogP contribution is 2.23. The highest BCUT2D eigenvalue weighted by Gasteiger charge is 2.19. The third-order valence-corrected chi connectivity index (χ3v) is 3.82. The molecular formula is C18H17FN2O2. The van der Waals surface area contributed by atoms with Crippen molar-refractivity contribution < 1.29 is 14.3 Å². The Balaban J connectivity index is 1.89. The minimum atomic E-state index is -0.438.